The molecule has 0 radical (unpaired) electrons. The first-order chi connectivity index (χ1) is 8.65. The Balaban J connectivity index is 2.53. The van der Waals surface area contributed by atoms with Crippen molar-refractivity contribution in [1.82, 2.24) is 5.32 Å². The molecule has 3 heteroatoms. The van der Waals surface area contributed by atoms with Crippen molar-refractivity contribution in [2.24, 2.45) is 5.92 Å². The fourth-order valence-electron chi connectivity index (χ4n) is 2.27. The predicted octanol–water partition coefficient (Wildman–Crippen LogP) is 3.02. The van der Waals surface area contributed by atoms with E-state index in [1.165, 1.54) is 17.7 Å². The van der Waals surface area contributed by atoms with Gasteiger partial charge in [-0.25, -0.2) is 4.39 Å². The van der Waals surface area contributed by atoms with Crippen LogP contribution >= 0.6 is 0 Å². The summed E-state index contributed by atoms with van der Waals surface area (Å²) in [6.07, 6.45) is 2.00. The van der Waals surface area contributed by atoms with E-state index in [9.17, 15) is 4.39 Å². The minimum Gasteiger partial charge on any atom is -0.384 e. The minimum absolute atomic E-state index is 0.175. The number of likely N-dealkylation sites (N-methyl/N-ethyl adjacent to an activating group) is 1. The molecule has 0 aromatic heterocycles. The summed E-state index contributed by atoms with van der Waals surface area (Å²) < 4.78 is 18.0. The zero-order valence-electron chi connectivity index (χ0n) is 11.6. The number of hydrogen-bond acceptors (Lipinski definition) is 2. The average molecular weight is 253 g/mol. The van der Waals surface area contributed by atoms with Crippen LogP contribution in [0.1, 0.15) is 25.8 Å². The third-order valence-corrected chi connectivity index (χ3v) is 3.03. The van der Waals surface area contributed by atoms with Gasteiger partial charge in [0.05, 0.1) is 0 Å². The number of nitrogens with one attached hydrogen (secondary N) is 1. The fourth-order valence-corrected chi connectivity index (χ4v) is 2.27. The summed E-state index contributed by atoms with van der Waals surface area (Å²) in [5.74, 6) is 0.353. The summed E-state index contributed by atoms with van der Waals surface area (Å²) in [4.78, 5) is 0. The van der Waals surface area contributed by atoms with Crippen molar-refractivity contribution in [3.8, 4) is 0 Å². The van der Waals surface area contributed by atoms with E-state index < -0.39 is 0 Å². The van der Waals surface area contributed by atoms with Crippen LogP contribution in [-0.4, -0.2) is 26.3 Å². The molecule has 102 valence electrons. The van der Waals surface area contributed by atoms with Crippen LogP contribution in [0.3, 0.4) is 0 Å². The van der Waals surface area contributed by atoms with E-state index in [2.05, 4.69) is 19.2 Å². The Hall–Kier alpha value is -0.930. The van der Waals surface area contributed by atoms with E-state index in [1.807, 2.05) is 12.1 Å². The molecule has 0 aliphatic carbocycles. The highest BCUT2D eigenvalue weighted by Crippen LogP contribution is 2.12. The van der Waals surface area contributed by atoms with Crippen molar-refractivity contribution >= 4 is 0 Å². The largest absolute Gasteiger partial charge is 0.384 e. The molecule has 0 aliphatic rings. The molecule has 0 spiro atoms. The Kier molecular flexibility index (Phi) is 6.91. The molecule has 2 nitrogen and oxygen atoms in total. The van der Waals surface area contributed by atoms with E-state index >= 15 is 0 Å². The lowest BCUT2D eigenvalue weighted by Crippen LogP contribution is -2.33. The van der Waals surface area contributed by atoms with Gasteiger partial charge in [-0.1, -0.05) is 26.0 Å². The SMILES string of the molecule is CCNC(Cc1ccc(F)cc1)CC(C)COC. The quantitative estimate of drug-likeness (QED) is 0.769. The highest BCUT2D eigenvalue weighted by atomic mass is 19.1. The van der Waals surface area contributed by atoms with Crippen LogP contribution in [0, 0.1) is 11.7 Å². The molecule has 0 heterocycles. The summed E-state index contributed by atoms with van der Waals surface area (Å²) in [5.41, 5.74) is 1.17. The van der Waals surface area contributed by atoms with Crippen molar-refractivity contribution in [1.29, 1.82) is 0 Å². The molecule has 0 amide bonds. The molecule has 0 bridgehead atoms. The van der Waals surface area contributed by atoms with Gasteiger partial charge in [-0.3, -0.25) is 0 Å². The van der Waals surface area contributed by atoms with E-state index in [0.717, 1.165) is 26.0 Å². The van der Waals surface area contributed by atoms with Gasteiger partial charge in [-0.2, -0.15) is 0 Å². The van der Waals surface area contributed by atoms with Gasteiger partial charge in [0.1, 0.15) is 5.82 Å². The highest BCUT2D eigenvalue weighted by Gasteiger charge is 2.13. The summed E-state index contributed by atoms with van der Waals surface area (Å²) in [5, 5.41) is 3.49. The molecular weight excluding hydrogens is 229 g/mol. The van der Waals surface area contributed by atoms with E-state index in [0.29, 0.717) is 12.0 Å². The molecular formula is C15H24FNO. The molecule has 0 saturated carbocycles. The molecule has 0 fully saturated rings. The van der Waals surface area contributed by atoms with Crippen LogP contribution in [0.2, 0.25) is 0 Å². The molecule has 1 aromatic carbocycles. The maximum absolute atomic E-state index is 12.9. The van der Waals surface area contributed by atoms with Crippen LogP contribution in [0.25, 0.3) is 0 Å². The van der Waals surface area contributed by atoms with Crippen LogP contribution in [0.4, 0.5) is 4.39 Å². The predicted molar refractivity (Wildman–Crippen MR) is 73.2 cm³/mol. The second kappa shape index (κ2) is 8.22. The minimum atomic E-state index is -0.175. The topological polar surface area (TPSA) is 21.3 Å². The van der Waals surface area contributed by atoms with Crippen molar-refractivity contribution in [3.63, 3.8) is 0 Å². The second-order valence-electron chi connectivity index (χ2n) is 4.88. The smallest absolute Gasteiger partial charge is 0.123 e. The summed E-state index contributed by atoms with van der Waals surface area (Å²) >= 11 is 0. The third kappa shape index (κ3) is 5.61. The Bertz CT molecular complexity index is 326. The van der Waals surface area contributed by atoms with Gasteiger partial charge in [-0.05, 0) is 43.0 Å². The summed E-state index contributed by atoms with van der Waals surface area (Å²) in [6, 6.07) is 7.19. The summed E-state index contributed by atoms with van der Waals surface area (Å²) in [7, 11) is 1.73. The van der Waals surface area contributed by atoms with Gasteiger partial charge in [0.2, 0.25) is 0 Å². The first-order valence-electron chi connectivity index (χ1n) is 6.62. The van der Waals surface area contributed by atoms with Crippen LogP contribution in [0.15, 0.2) is 24.3 Å². The number of benzene rings is 1. The fraction of sp³-hybridized carbons (Fsp3) is 0.600. The van der Waals surface area contributed by atoms with Crippen molar-refractivity contribution < 1.29 is 9.13 Å². The Labute approximate surface area is 110 Å². The van der Waals surface area contributed by atoms with Crippen molar-refractivity contribution in [3.05, 3.63) is 35.6 Å². The van der Waals surface area contributed by atoms with Gasteiger partial charge >= 0.3 is 0 Å². The monoisotopic (exact) mass is 253 g/mol. The molecule has 0 aliphatic heterocycles. The molecule has 2 unspecified atom stereocenters. The Morgan fingerprint density at radius 1 is 1.28 bits per heavy atom. The highest BCUT2D eigenvalue weighted by molar-refractivity contribution is 5.17. The zero-order valence-corrected chi connectivity index (χ0v) is 11.6. The maximum atomic E-state index is 12.9. The first-order valence-corrected chi connectivity index (χ1v) is 6.62. The number of methoxy groups -OCH3 is 1. The lowest BCUT2D eigenvalue weighted by atomic mass is 9.96. The lowest BCUT2D eigenvalue weighted by Gasteiger charge is -2.21. The standard InChI is InChI=1S/C15H24FNO/c1-4-17-15(9-12(2)11-18-3)10-13-5-7-14(16)8-6-13/h5-8,12,15,17H,4,9-11H2,1-3H3. The second-order valence-corrected chi connectivity index (χ2v) is 4.88. The molecule has 0 saturated heterocycles. The average Bonchev–Trinajstić information content (AvgIpc) is 2.32. The van der Waals surface area contributed by atoms with Gasteiger partial charge in [0, 0.05) is 19.8 Å². The van der Waals surface area contributed by atoms with Gasteiger partial charge in [0.25, 0.3) is 0 Å². The van der Waals surface area contributed by atoms with Gasteiger partial charge in [0.15, 0.2) is 0 Å². The molecule has 1 N–H and O–H groups in total. The molecule has 18 heavy (non-hydrogen) atoms. The maximum Gasteiger partial charge on any atom is 0.123 e. The van der Waals surface area contributed by atoms with Crippen LogP contribution in [-0.2, 0) is 11.2 Å². The molecule has 1 rings (SSSR count). The lowest BCUT2D eigenvalue weighted by molar-refractivity contribution is 0.149. The van der Waals surface area contributed by atoms with Gasteiger partial charge in [-0.15, -0.1) is 0 Å². The van der Waals surface area contributed by atoms with Crippen LogP contribution < -0.4 is 5.32 Å². The summed E-state index contributed by atoms with van der Waals surface area (Å²) in [6.45, 7) is 6.04. The number of hydrogen-bond donors (Lipinski definition) is 1. The van der Waals surface area contributed by atoms with Crippen molar-refractivity contribution in [2.45, 2.75) is 32.7 Å². The zero-order chi connectivity index (χ0) is 13.4. The first kappa shape index (κ1) is 15.1. The number of ether oxygens (including phenoxy) is 1. The van der Waals surface area contributed by atoms with E-state index in [-0.39, 0.29) is 5.82 Å². The number of rotatable bonds is 8. The van der Waals surface area contributed by atoms with Gasteiger partial charge < -0.3 is 10.1 Å². The normalized spacial score (nSPS) is 14.4. The van der Waals surface area contributed by atoms with E-state index in [1.54, 1.807) is 7.11 Å². The van der Waals surface area contributed by atoms with E-state index in [4.69, 9.17) is 4.74 Å². The third-order valence-electron chi connectivity index (χ3n) is 3.03. The Morgan fingerprint density at radius 2 is 1.94 bits per heavy atom. The molecule has 2 atom stereocenters. The van der Waals surface area contributed by atoms with Crippen molar-refractivity contribution in [2.75, 3.05) is 20.3 Å². The Morgan fingerprint density at radius 3 is 2.50 bits per heavy atom. The molecule has 1 aromatic rings. The number of halogens is 1. The van der Waals surface area contributed by atoms with Crippen LogP contribution in [0.5, 0.6) is 0 Å².